The van der Waals surface area contributed by atoms with Crippen LogP contribution in [0.15, 0.2) is 77.0 Å². The summed E-state index contributed by atoms with van der Waals surface area (Å²) in [6.45, 7) is 1.80. The zero-order valence-electron chi connectivity index (χ0n) is 16.4. The molecule has 0 saturated heterocycles. The molecule has 7 nitrogen and oxygen atoms in total. The molecule has 2 aromatic carbocycles. The van der Waals surface area contributed by atoms with Crippen molar-refractivity contribution in [1.29, 1.82) is 0 Å². The minimum absolute atomic E-state index is 0.157. The average Bonchev–Trinajstić information content (AvgIpc) is 3.22. The molecule has 0 fully saturated rings. The van der Waals surface area contributed by atoms with E-state index in [1.807, 2.05) is 35.7 Å². The highest BCUT2D eigenvalue weighted by atomic mass is 32.2. The predicted molar refractivity (Wildman–Crippen MR) is 123 cm³/mol. The van der Waals surface area contributed by atoms with E-state index < -0.39 is 11.9 Å². The fourth-order valence-corrected chi connectivity index (χ4v) is 4.08. The summed E-state index contributed by atoms with van der Waals surface area (Å²) < 4.78 is 0. The number of nitrogens with one attached hydrogen (secondary N) is 2. The van der Waals surface area contributed by atoms with E-state index in [9.17, 15) is 14.4 Å². The molecule has 0 radical (unpaired) electrons. The van der Waals surface area contributed by atoms with E-state index in [4.69, 9.17) is 5.11 Å². The number of rotatable bonds is 8. The van der Waals surface area contributed by atoms with Gasteiger partial charge in [-0.25, -0.2) is 9.78 Å². The first-order valence-electron chi connectivity index (χ1n) is 9.21. The molecule has 2 amide bonds. The Morgan fingerprint density at radius 2 is 1.74 bits per heavy atom. The molecule has 3 rings (SSSR count). The number of carbonyl (C=O) groups excluding carboxylic acids is 2. The zero-order valence-corrected chi connectivity index (χ0v) is 18.1. The highest BCUT2D eigenvalue weighted by Crippen LogP contribution is 2.28. The van der Waals surface area contributed by atoms with E-state index in [2.05, 4.69) is 15.6 Å². The molecule has 0 spiro atoms. The number of carbonyl (C=O) groups is 3. The Labute approximate surface area is 187 Å². The molecule has 158 valence electrons. The quantitative estimate of drug-likeness (QED) is 0.342. The van der Waals surface area contributed by atoms with Gasteiger partial charge in [0.1, 0.15) is 0 Å². The SMILES string of the molecule is CC(Sc1ccc(NC(=O)/C=C/C(=O)O)cc1)C(=O)Nc1nc(-c2ccccc2)cs1. The van der Waals surface area contributed by atoms with Gasteiger partial charge in [-0.1, -0.05) is 30.3 Å². The van der Waals surface area contributed by atoms with Crippen LogP contribution in [0.1, 0.15) is 6.92 Å². The smallest absolute Gasteiger partial charge is 0.328 e. The van der Waals surface area contributed by atoms with Gasteiger partial charge in [0.25, 0.3) is 0 Å². The maximum atomic E-state index is 12.5. The normalized spacial score (nSPS) is 11.8. The molecule has 0 bridgehead atoms. The van der Waals surface area contributed by atoms with E-state index in [1.54, 1.807) is 31.2 Å². The van der Waals surface area contributed by atoms with Crippen molar-refractivity contribution in [2.75, 3.05) is 10.6 Å². The van der Waals surface area contributed by atoms with Crippen LogP contribution in [-0.4, -0.2) is 33.1 Å². The molecule has 9 heteroatoms. The number of carboxylic acid groups (broad SMARTS) is 1. The summed E-state index contributed by atoms with van der Waals surface area (Å²) in [6, 6.07) is 16.7. The van der Waals surface area contributed by atoms with Crippen LogP contribution >= 0.6 is 23.1 Å². The van der Waals surface area contributed by atoms with Gasteiger partial charge < -0.3 is 15.7 Å². The lowest BCUT2D eigenvalue weighted by Gasteiger charge is -2.11. The van der Waals surface area contributed by atoms with Crippen molar-refractivity contribution < 1.29 is 19.5 Å². The van der Waals surface area contributed by atoms with Gasteiger partial charge in [0.2, 0.25) is 11.8 Å². The number of nitrogens with zero attached hydrogens (tertiary/aromatic N) is 1. The van der Waals surface area contributed by atoms with E-state index in [-0.39, 0.29) is 11.2 Å². The third kappa shape index (κ3) is 6.80. The first-order valence-corrected chi connectivity index (χ1v) is 11.0. The summed E-state index contributed by atoms with van der Waals surface area (Å²) in [5.41, 5.74) is 2.34. The fraction of sp³-hybridized carbons (Fsp3) is 0.0909. The van der Waals surface area contributed by atoms with Crippen molar-refractivity contribution in [3.63, 3.8) is 0 Å². The number of aliphatic carboxylic acids is 1. The number of aromatic nitrogens is 1. The minimum atomic E-state index is -1.19. The van der Waals surface area contributed by atoms with Crippen molar-refractivity contribution in [3.8, 4) is 11.3 Å². The number of hydrogen-bond acceptors (Lipinski definition) is 6. The molecular formula is C22H19N3O4S2. The van der Waals surface area contributed by atoms with Crippen LogP contribution in [0.3, 0.4) is 0 Å². The van der Waals surface area contributed by atoms with Crippen LogP contribution in [0.4, 0.5) is 10.8 Å². The van der Waals surface area contributed by atoms with Gasteiger partial charge >= 0.3 is 5.97 Å². The fourth-order valence-electron chi connectivity index (χ4n) is 2.49. The van der Waals surface area contributed by atoms with Crippen LogP contribution in [0.5, 0.6) is 0 Å². The number of hydrogen-bond donors (Lipinski definition) is 3. The van der Waals surface area contributed by atoms with E-state index in [0.717, 1.165) is 28.3 Å². The highest BCUT2D eigenvalue weighted by molar-refractivity contribution is 8.00. The van der Waals surface area contributed by atoms with Crippen molar-refractivity contribution >= 4 is 51.7 Å². The van der Waals surface area contributed by atoms with Gasteiger partial charge in [-0.15, -0.1) is 23.1 Å². The van der Waals surface area contributed by atoms with Gasteiger partial charge in [0.15, 0.2) is 5.13 Å². The largest absolute Gasteiger partial charge is 0.478 e. The monoisotopic (exact) mass is 453 g/mol. The molecular weight excluding hydrogens is 434 g/mol. The maximum absolute atomic E-state index is 12.5. The van der Waals surface area contributed by atoms with Crippen LogP contribution in [-0.2, 0) is 14.4 Å². The van der Waals surface area contributed by atoms with E-state index in [0.29, 0.717) is 10.8 Å². The predicted octanol–water partition coefficient (Wildman–Crippen LogP) is 4.51. The number of thioether (sulfide) groups is 1. The lowest BCUT2D eigenvalue weighted by atomic mass is 10.2. The molecule has 1 heterocycles. The summed E-state index contributed by atoms with van der Waals surface area (Å²) in [5, 5.41) is 16.0. The first-order chi connectivity index (χ1) is 14.9. The number of benzene rings is 2. The van der Waals surface area contributed by atoms with Crippen molar-refractivity contribution in [3.05, 3.63) is 72.1 Å². The molecule has 1 atom stereocenters. The van der Waals surface area contributed by atoms with E-state index in [1.165, 1.54) is 23.1 Å². The minimum Gasteiger partial charge on any atom is -0.478 e. The molecule has 0 aliphatic carbocycles. The summed E-state index contributed by atoms with van der Waals surface area (Å²) in [4.78, 5) is 39.9. The number of anilines is 2. The molecule has 0 saturated carbocycles. The third-order valence-corrected chi connectivity index (χ3v) is 5.85. The summed E-state index contributed by atoms with van der Waals surface area (Å²) >= 11 is 2.75. The van der Waals surface area contributed by atoms with Crippen molar-refractivity contribution in [2.45, 2.75) is 17.1 Å². The Kier molecular flexibility index (Phi) is 7.58. The van der Waals surface area contributed by atoms with E-state index >= 15 is 0 Å². The summed E-state index contributed by atoms with van der Waals surface area (Å²) in [6.07, 6.45) is 1.71. The molecule has 31 heavy (non-hydrogen) atoms. The van der Waals surface area contributed by atoms with Gasteiger partial charge in [-0.2, -0.15) is 0 Å². The Morgan fingerprint density at radius 3 is 2.42 bits per heavy atom. The van der Waals surface area contributed by atoms with Crippen molar-refractivity contribution in [2.24, 2.45) is 0 Å². The zero-order chi connectivity index (χ0) is 22.2. The van der Waals surface area contributed by atoms with Crippen LogP contribution in [0.25, 0.3) is 11.3 Å². The van der Waals surface area contributed by atoms with Gasteiger partial charge in [0, 0.05) is 33.7 Å². The molecule has 1 unspecified atom stereocenters. The average molecular weight is 454 g/mol. The van der Waals surface area contributed by atoms with Crippen LogP contribution in [0, 0.1) is 0 Å². The van der Waals surface area contributed by atoms with Crippen LogP contribution < -0.4 is 10.6 Å². The topological polar surface area (TPSA) is 108 Å². The molecule has 0 aliphatic heterocycles. The van der Waals surface area contributed by atoms with Crippen molar-refractivity contribution in [1.82, 2.24) is 4.98 Å². The standard InChI is InChI=1S/C22H19N3O4S2/c1-14(21(29)25-22-24-18(13-30-22)15-5-3-2-4-6-15)31-17-9-7-16(8-10-17)23-19(26)11-12-20(27)28/h2-14H,1H3,(H,23,26)(H,27,28)(H,24,25,29)/b12-11+. The Hall–Kier alpha value is -3.43. The molecule has 3 aromatic rings. The lowest BCUT2D eigenvalue weighted by Crippen LogP contribution is -2.22. The highest BCUT2D eigenvalue weighted by Gasteiger charge is 2.16. The van der Waals surface area contributed by atoms with Crippen LogP contribution in [0.2, 0.25) is 0 Å². The Bertz CT molecular complexity index is 1100. The van der Waals surface area contributed by atoms with Gasteiger partial charge in [-0.3, -0.25) is 9.59 Å². The van der Waals surface area contributed by atoms with Gasteiger partial charge in [-0.05, 0) is 31.2 Å². The first kappa shape index (κ1) is 22.3. The summed E-state index contributed by atoms with van der Waals surface area (Å²) in [5.74, 6) is -1.88. The second-order valence-corrected chi connectivity index (χ2v) is 8.61. The lowest BCUT2D eigenvalue weighted by molar-refractivity contribution is -0.131. The number of thiazole rings is 1. The Balaban J connectivity index is 1.53. The number of amides is 2. The maximum Gasteiger partial charge on any atom is 0.328 e. The van der Waals surface area contributed by atoms with Gasteiger partial charge in [0.05, 0.1) is 10.9 Å². The second-order valence-electron chi connectivity index (χ2n) is 6.34. The Morgan fingerprint density at radius 1 is 1.03 bits per heavy atom. The third-order valence-electron chi connectivity index (χ3n) is 3.99. The molecule has 1 aromatic heterocycles. The summed E-state index contributed by atoms with van der Waals surface area (Å²) in [7, 11) is 0. The molecule has 0 aliphatic rings. The number of carboxylic acids is 1. The second kappa shape index (κ2) is 10.6. The molecule has 3 N–H and O–H groups in total.